The van der Waals surface area contributed by atoms with Gasteiger partial charge in [-0.2, -0.15) is 4.31 Å². The van der Waals surface area contributed by atoms with Gasteiger partial charge in [-0.15, -0.1) is 23.7 Å². The van der Waals surface area contributed by atoms with Crippen LogP contribution in [-0.2, 0) is 14.8 Å². The fraction of sp³-hybridized carbons (Fsp3) is 0.500. The van der Waals surface area contributed by atoms with Gasteiger partial charge >= 0.3 is 5.97 Å². The zero-order valence-corrected chi connectivity index (χ0v) is 17.5. The van der Waals surface area contributed by atoms with E-state index in [9.17, 15) is 13.2 Å². The highest BCUT2D eigenvalue weighted by Gasteiger charge is 2.43. The van der Waals surface area contributed by atoms with E-state index < -0.39 is 10.0 Å². The summed E-state index contributed by atoms with van der Waals surface area (Å²) in [5.41, 5.74) is 0. The summed E-state index contributed by atoms with van der Waals surface area (Å²) in [5.74, 6) is -0.366. The SMILES string of the molecule is CCOC(=O)c1cc2cc(S(=O)(=O)N3C4CCNCC3CC4)ccc2s1.Cl. The van der Waals surface area contributed by atoms with Gasteiger partial charge in [0.2, 0.25) is 10.0 Å². The summed E-state index contributed by atoms with van der Waals surface area (Å²) in [6.07, 6.45) is 2.69. The summed E-state index contributed by atoms with van der Waals surface area (Å²) in [7, 11) is -3.55. The van der Waals surface area contributed by atoms with E-state index in [-0.39, 0.29) is 30.5 Å². The van der Waals surface area contributed by atoms with Crippen molar-refractivity contribution in [2.75, 3.05) is 19.7 Å². The Morgan fingerprint density at radius 1 is 1.26 bits per heavy atom. The lowest BCUT2D eigenvalue weighted by Crippen LogP contribution is -2.42. The molecule has 4 rings (SSSR count). The molecule has 148 valence electrons. The number of carbonyl (C=O) groups excluding carboxylic acids is 1. The van der Waals surface area contributed by atoms with Crippen LogP contribution in [0.1, 0.15) is 35.9 Å². The normalized spacial score (nSPS) is 23.0. The first kappa shape index (κ1) is 20.5. The molecule has 2 saturated heterocycles. The number of nitrogens with zero attached hydrogens (tertiary/aromatic N) is 1. The number of carbonyl (C=O) groups is 1. The molecule has 0 amide bonds. The van der Waals surface area contributed by atoms with Crippen LogP contribution in [-0.4, -0.2) is 50.5 Å². The molecule has 2 fully saturated rings. The van der Waals surface area contributed by atoms with Crippen LogP contribution < -0.4 is 5.32 Å². The number of benzene rings is 1. The Balaban J connectivity index is 0.00000210. The van der Waals surface area contributed by atoms with E-state index in [0.717, 1.165) is 35.9 Å². The molecule has 0 radical (unpaired) electrons. The van der Waals surface area contributed by atoms with Crippen LogP contribution in [0, 0.1) is 0 Å². The van der Waals surface area contributed by atoms with Crippen molar-refractivity contribution >= 4 is 49.8 Å². The summed E-state index contributed by atoms with van der Waals surface area (Å²) in [6, 6.07) is 6.94. The van der Waals surface area contributed by atoms with Gasteiger partial charge in [0.25, 0.3) is 0 Å². The lowest BCUT2D eigenvalue weighted by Gasteiger charge is -2.26. The topological polar surface area (TPSA) is 75.7 Å². The van der Waals surface area contributed by atoms with Gasteiger partial charge in [0.05, 0.1) is 11.5 Å². The largest absolute Gasteiger partial charge is 0.462 e. The number of hydrogen-bond acceptors (Lipinski definition) is 6. The predicted molar refractivity (Wildman–Crippen MR) is 108 cm³/mol. The van der Waals surface area contributed by atoms with E-state index in [4.69, 9.17) is 4.74 Å². The minimum atomic E-state index is -3.55. The number of esters is 1. The number of ether oxygens (including phenoxy) is 1. The molecular weight excluding hydrogens is 408 g/mol. The van der Waals surface area contributed by atoms with Crippen molar-refractivity contribution in [3.8, 4) is 0 Å². The third-order valence-corrected chi connectivity index (χ3v) is 8.22. The lowest BCUT2D eigenvalue weighted by atomic mass is 10.1. The standard InChI is InChI=1S/C18H22N2O4S2.ClH/c1-2-24-18(21)17-10-12-9-15(5-6-16(12)25-17)26(22,23)20-13-3-4-14(20)11-19-8-7-13;/h5-6,9-10,13-14,19H,2-4,7-8,11H2,1H3;1H. The van der Waals surface area contributed by atoms with Crippen molar-refractivity contribution in [1.29, 1.82) is 0 Å². The van der Waals surface area contributed by atoms with E-state index in [1.165, 1.54) is 11.3 Å². The molecule has 0 spiro atoms. The Labute approximate surface area is 169 Å². The zero-order chi connectivity index (χ0) is 18.3. The molecule has 2 aromatic rings. The monoisotopic (exact) mass is 430 g/mol. The highest BCUT2D eigenvalue weighted by molar-refractivity contribution is 7.89. The summed E-state index contributed by atoms with van der Waals surface area (Å²) in [4.78, 5) is 12.7. The molecule has 6 nitrogen and oxygen atoms in total. The number of sulfonamides is 1. The van der Waals surface area contributed by atoms with Crippen molar-refractivity contribution in [2.24, 2.45) is 0 Å². The molecule has 0 aliphatic carbocycles. The van der Waals surface area contributed by atoms with Gasteiger partial charge in [-0.25, -0.2) is 13.2 Å². The highest BCUT2D eigenvalue weighted by atomic mass is 35.5. The molecule has 1 aromatic carbocycles. The van der Waals surface area contributed by atoms with Gasteiger partial charge in [-0.05, 0) is 62.4 Å². The second kappa shape index (κ2) is 8.05. The third-order valence-electron chi connectivity index (χ3n) is 5.13. The Kier molecular flexibility index (Phi) is 6.12. The highest BCUT2D eigenvalue weighted by Crippen LogP contribution is 2.35. The Hall–Kier alpha value is -1.19. The average Bonchev–Trinajstić information content (AvgIpc) is 3.14. The summed E-state index contributed by atoms with van der Waals surface area (Å²) in [5, 5.41) is 4.10. The van der Waals surface area contributed by atoms with Crippen LogP contribution in [0.15, 0.2) is 29.2 Å². The molecule has 0 saturated carbocycles. The van der Waals surface area contributed by atoms with Gasteiger partial charge in [0.15, 0.2) is 0 Å². The van der Waals surface area contributed by atoms with E-state index in [1.54, 1.807) is 35.5 Å². The molecule has 2 unspecified atom stereocenters. The smallest absolute Gasteiger partial charge is 0.348 e. The summed E-state index contributed by atoms with van der Waals surface area (Å²) in [6.45, 7) is 3.65. The van der Waals surface area contributed by atoms with Crippen molar-refractivity contribution in [1.82, 2.24) is 9.62 Å². The average molecular weight is 431 g/mol. The first-order valence-electron chi connectivity index (χ1n) is 8.95. The van der Waals surface area contributed by atoms with Crippen LogP contribution in [0.5, 0.6) is 0 Å². The fourth-order valence-electron chi connectivity index (χ4n) is 3.94. The van der Waals surface area contributed by atoms with Gasteiger partial charge < -0.3 is 10.1 Å². The molecule has 2 aliphatic rings. The molecular formula is C18H23ClN2O4S2. The maximum Gasteiger partial charge on any atom is 0.348 e. The van der Waals surface area contributed by atoms with Gasteiger partial charge in [0.1, 0.15) is 4.88 Å². The van der Waals surface area contributed by atoms with Gasteiger partial charge in [0, 0.05) is 23.3 Å². The first-order valence-corrected chi connectivity index (χ1v) is 11.2. The van der Waals surface area contributed by atoms with Crippen LogP contribution in [0.4, 0.5) is 0 Å². The first-order chi connectivity index (χ1) is 12.5. The van der Waals surface area contributed by atoms with Crippen molar-refractivity contribution in [2.45, 2.75) is 43.2 Å². The van der Waals surface area contributed by atoms with E-state index in [2.05, 4.69) is 5.32 Å². The maximum atomic E-state index is 13.3. The molecule has 1 aromatic heterocycles. The van der Waals surface area contributed by atoms with Crippen molar-refractivity contribution in [3.05, 3.63) is 29.1 Å². The van der Waals surface area contributed by atoms with E-state index in [1.807, 2.05) is 0 Å². The second-order valence-corrected chi connectivity index (χ2v) is 9.67. The summed E-state index contributed by atoms with van der Waals surface area (Å²) >= 11 is 1.32. The van der Waals surface area contributed by atoms with Crippen LogP contribution in [0.25, 0.3) is 10.1 Å². The molecule has 2 atom stereocenters. The van der Waals surface area contributed by atoms with Gasteiger partial charge in [-0.1, -0.05) is 0 Å². The molecule has 2 aliphatic heterocycles. The van der Waals surface area contributed by atoms with Gasteiger partial charge in [-0.3, -0.25) is 0 Å². The van der Waals surface area contributed by atoms with Crippen LogP contribution in [0.2, 0.25) is 0 Å². The fourth-order valence-corrected chi connectivity index (χ4v) is 6.81. The lowest BCUT2D eigenvalue weighted by molar-refractivity contribution is 0.0532. The van der Waals surface area contributed by atoms with E-state index in [0.29, 0.717) is 22.9 Å². The minimum absolute atomic E-state index is 0. The second-order valence-electron chi connectivity index (χ2n) is 6.74. The van der Waals surface area contributed by atoms with Crippen molar-refractivity contribution < 1.29 is 17.9 Å². The Morgan fingerprint density at radius 2 is 2.04 bits per heavy atom. The van der Waals surface area contributed by atoms with E-state index >= 15 is 0 Å². The predicted octanol–water partition coefficient (Wildman–Crippen LogP) is 3.01. The molecule has 3 heterocycles. The molecule has 2 bridgehead atoms. The Bertz CT molecular complexity index is 930. The maximum absolute atomic E-state index is 13.3. The molecule has 1 N–H and O–H groups in total. The Morgan fingerprint density at radius 3 is 2.81 bits per heavy atom. The van der Waals surface area contributed by atoms with Crippen LogP contribution >= 0.6 is 23.7 Å². The number of fused-ring (bicyclic) bond motifs is 3. The number of hydrogen-bond donors (Lipinski definition) is 1. The third kappa shape index (κ3) is 3.73. The molecule has 9 heteroatoms. The van der Waals surface area contributed by atoms with Crippen LogP contribution in [0.3, 0.4) is 0 Å². The summed E-state index contributed by atoms with van der Waals surface area (Å²) < 4.78 is 34.2. The zero-order valence-electron chi connectivity index (χ0n) is 15.0. The van der Waals surface area contributed by atoms with Crippen molar-refractivity contribution in [3.63, 3.8) is 0 Å². The number of rotatable bonds is 4. The quantitative estimate of drug-likeness (QED) is 0.754. The number of halogens is 1. The number of nitrogens with one attached hydrogen (secondary N) is 1. The number of thiophene rings is 1. The molecule has 27 heavy (non-hydrogen) atoms. The minimum Gasteiger partial charge on any atom is -0.462 e.